The van der Waals surface area contributed by atoms with Crippen LogP contribution in [0.1, 0.15) is 58.1 Å². The molecule has 0 aliphatic carbocycles. The third-order valence-corrected chi connectivity index (χ3v) is 7.23. The summed E-state index contributed by atoms with van der Waals surface area (Å²) in [5.41, 5.74) is 7.23. The summed E-state index contributed by atoms with van der Waals surface area (Å²) in [6.45, 7) is 12.3. The Morgan fingerprint density at radius 1 is 1.06 bits per heavy atom. The molecule has 2 aromatic carbocycles. The molecule has 3 rings (SSSR count). The van der Waals surface area contributed by atoms with Crippen LogP contribution in [0.15, 0.2) is 48.5 Å². The molecule has 8 heteroatoms. The van der Waals surface area contributed by atoms with Crippen LogP contribution < -0.4 is 5.73 Å². The molecule has 196 valence electrons. The Kier molecular flexibility index (Phi) is 9.01. The van der Waals surface area contributed by atoms with Crippen molar-refractivity contribution in [3.8, 4) is 0 Å². The minimum atomic E-state index is -0.509. The normalized spacial score (nSPS) is 19.7. The molecule has 3 amide bonds. The lowest BCUT2D eigenvalue weighted by Crippen LogP contribution is -2.58. The zero-order valence-corrected chi connectivity index (χ0v) is 22.6. The zero-order chi connectivity index (χ0) is 26.6. The van der Waals surface area contributed by atoms with Crippen molar-refractivity contribution >= 4 is 23.5 Å². The van der Waals surface area contributed by atoms with Gasteiger partial charge in [-0.05, 0) is 70.0 Å². The highest BCUT2D eigenvalue weighted by Crippen LogP contribution is 2.28. The van der Waals surface area contributed by atoms with E-state index in [1.807, 2.05) is 37.8 Å². The molecular formula is C28H38ClFN4O2. The Morgan fingerprint density at radius 3 is 2.22 bits per heavy atom. The van der Waals surface area contributed by atoms with Crippen LogP contribution in [0.5, 0.6) is 0 Å². The third-order valence-electron chi connectivity index (χ3n) is 6.98. The van der Waals surface area contributed by atoms with Crippen LogP contribution >= 0.6 is 11.6 Å². The van der Waals surface area contributed by atoms with E-state index in [9.17, 15) is 14.0 Å². The van der Waals surface area contributed by atoms with E-state index < -0.39 is 11.6 Å². The smallest absolute Gasteiger partial charge is 0.315 e. The average Bonchev–Trinajstić information content (AvgIpc) is 2.79. The van der Waals surface area contributed by atoms with Gasteiger partial charge >= 0.3 is 6.03 Å². The topological polar surface area (TPSA) is 69.9 Å². The molecular weight excluding hydrogens is 479 g/mol. The monoisotopic (exact) mass is 516 g/mol. The predicted octanol–water partition coefficient (Wildman–Crippen LogP) is 5.25. The van der Waals surface area contributed by atoms with Crippen molar-refractivity contribution < 1.29 is 14.0 Å². The van der Waals surface area contributed by atoms with E-state index in [0.717, 1.165) is 17.7 Å². The number of urea groups is 1. The van der Waals surface area contributed by atoms with Crippen molar-refractivity contribution in [1.29, 1.82) is 0 Å². The van der Waals surface area contributed by atoms with Crippen LogP contribution in [0.25, 0.3) is 0 Å². The molecule has 6 nitrogen and oxygen atoms in total. The number of halogens is 2. The molecule has 1 heterocycles. The fourth-order valence-corrected chi connectivity index (χ4v) is 4.98. The molecule has 2 N–H and O–H groups in total. The molecule has 3 atom stereocenters. The summed E-state index contributed by atoms with van der Waals surface area (Å²) in [6.07, 6.45) is 0.260. The number of carbonyl (C=O) groups is 2. The Morgan fingerprint density at radius 2 is 1.67 bits per heavy atom. The fourth-order valence-electron chi connectivity index (χ4n) is 4.86. The van der Waals surface area contributed by atoms with Gasteiger partial charge in [0, 0.05) is 61.2 Å². The summed E-state index contributed by atoms with van der Waals surface area (Å²) >= 11 is 6.10. The first-order valence-electron chi connectivity index (χ1n) is 12.5. The van der Waals surface area contributed by atoms with Crippen LogP contribution in [0.4, 0.5) is 9.18 Å². The van der Waals surface area contributed by atoms with Crippen molar-refractivity contribution in [3.63, 3.8) is 0 Å². The number of benzene rings is 2. The quantitative estimate of drug-likeness (QED) is 0.546. The molecule has 1 fully saturated rings. The standard InChI is InChI=1S/C28H38ClFN4O2/c1-19-16-33(20(2)15-32(19)17-21-6-12-25(30)13-7-21)26(35)14-23(22-8-10-24(29)11-9-22)18-34(27(31)36)28(3,4)5/h6-13,19-20,23H,14-18H2,1-5H3,(H2,31,36). The summed E-state index contributed by atoms with van der Waals surface area (Å²) in [4.78, 5) is 31.8. The minimum absolute atomic E-state index is 0.0230. The van der Waals surface area contributed by atoms with Gasteiger partial charge in [0.2, 0.25) is 5.91 Å². The van der Waals surface area contributed by atoms with Gasteiger partial charge in [0.1, 0.15) is 5.82 Å². The second-order valence-electron chi connectivity index (χ2n) is 10.9. The maximum Gasteiger partial charge on any atom is 0.315 e. The highest BCUT2D eigenvalue weighted by Gasteiger charge is 2.35. The molecule has 0 bridgehead atoms. The number of piperazine rings is 1. The lowest BCUT2D eigenvalue weighted by molar-refractivity contribution is -0.138. The van der Waals surface area contributed by atoms with Crippen LogP contribution in [0.2, 0.25) is 5.02 Å². The fraction of sp³-hybridized carbons (Fsp3) is 0.500. The maximum absolute atomic E-state index is 13.6. The number of carbonyl (C=O) groups excluding carboxylic acids is 2. The van der Waals surface area contributed by atoms with Gasteiger partial charge in [0.15, 0.2) is 0 Å². The van der Waals surface area contributed by atoms with Crippen molar-refractivity contribution in [1.82, 2.24) is 14.7 Å². The Bertz CT molecular complexity index is 1040. The van der Waals surface area contributed by atoms with Crippen molar-refractivity contribution in [3.05, 3.63) is 70.5 Å². The minimum Gasteiger partial charge on any atom is -0.351 e. The van der Waals surface area contributed by atoms with E-state index in [4.69, 9.17) is 17.3 Å². The van der Waals surface area contributed by atoms with Gasteiger partial charge in [-0.15, -0.1) is 0 Å². The molecule has 0 saturated carbocycles. The third kappa shape index (κ3) is 7.20. The molecule has 3 unspecified atom stereocenters. The van der Waals surface area contributed by atoms with Gasteiger partial charge in [-0.3, -0.25) is 9.69 Å². The van der Waals surface area contributed by atoms with Gasteiger partial charge in [0.25, 0.3) is 0 Å². The van der Waals surface area contributed by atoms with Crippen LogP contribution in [-0.4, -0.2) is 63.9 Å². The van der Waals surface area contributed by atoms with E-state index in [1.165, 1.54) is 12.1 Å². The highest BCUT2D eigenvalue weighted by atomic mass is 35.5. The lowest BCUT2D eigenvalue weighted by atomic mass is 9.92. The largest absolute Gasteiger partial charge is 0.351 e. The zero-order valence-electron chi connectivity index (χ0n) is 21.9. The summed E-state index contributed by atoms with van der Waals surface area (Å²) in [7, 11) is 0. The molecule has 1 aliphatic heterocycles. The second-order valence-corrected chi connectivity index (χ2v) is 11.3. The summed E-state index contributed by atoms with van der Waals surface area (Å²) in [5, 5.41) is 0.617. The van der Waals surface area contributed by atoms with E-state index in [-0.39, 0.29) is 36.1 Å². The number of nitrogens with zero attached hydrogens (tertiary/aromatic N) is 3. The van der Waals surface area contributed by atoms with E-state index in [1.54, 1.807) is 29.2 Å². The van der Waals surface area contributed by atoms with E-state index in [0.29, 0.717) is 24.7 Å². The molecule has 1 saturated heterocycles. The van der Waals surface area contributed by atoms with Gasteiger partial charge in [-0.25, -0.2) is 9.18 Å². The summed E-state index contributed by atoms with van der Waals surface area (Å²) in [6, 6.07) is 13.7. The SMILES string of the molecule is CC1CN(C(=O)CC(CN(C(N)=O)C(C)(C)C)c2ccc(Cl)cc2)C(C)CN1Cc1ccc(F)cc1. The van der Waals surface area contributed by atoms with Gasteiger partial charge < -0.3 is 15.5 Å². The molecule has 0 radical (unpaired) electrons. The Balaban J connectivity index is 1.74. The first-order valence-corrected chi connectivity index (χ1v) is 12.8. The highest BCUT2D eigenvalue weighted by molar-refractivity contribution is 6.30. The van der Waals surface area contributed by atoms with E-state index in [2.05, 4.69) is 18.7 Å². The molecule has 0 spiro atoms. The molecule has 1 aliphatic rings. The van der Waals surface area contributed by atoms with E-state index >= 15 is 0 Å². The van der Waals surface area contributed by atoms with Crippen LogP contribution in [-0.2, 0) is 11.3 Å². The molecule has 36 heavy (non-hydrogen) atoms. The van der Waals surface area contributed by atoms with Crippen molar-refractivity contribution in [2.45, 2.75) is 71.1 Å². The second kappa shape index (κ2) is 11.6. The first-order chi connectivity index (χ1) is 16.8. The number of primary amides is 1. The number of rotatable bonds is 7. The molecule has 0 aromatic heterocycles. The maximum atomic E-state index is 13.6. The van der Waals surface area contributed by atoms with Gasteiger partial charge in [-0.2, -0.15) is 0 Å². The summed E-state index contributed by atoms with van der Waals surface area (Å²) < 4.78 is 13.3. The Hall–Kier alpha value is -2.64. The van der Waals surface area contributed by atoms with Crippen molar-refractivity contribution in [2.75, 3.05) is 19.6 Å². The van der Waals surface area contributed by atoms with Gasteiger partial charge in [0.05, 0.1) is 0 Å². The number of amides is 3. The number of hydrogen-bond donors (Lipinski definition) is 1. The predicted molar refractivity (Wildman–Crippen MR) is 142 cm³/mol. The van der Waals surface area contributed by atoms with Crippen LogP contribution in [0.3, 0.4) is 0 Å². The first kappa shape index (κ1) is 27.9. The van der Waals surface area contributed by atoms with Crippen molar-refractivity contribution in [2.24, 2.45) is 5.73 Å². The number of nitrogens with two attached hydrogens (primary N) is 1. The van der Waals surface area contributed by atoms with Gasteiger partial charge in [-0.1, -0.05) is 35.9 Å². The Labute approximate surface area is 219 Å². The summed E-state index contributed by atoms with van der Waals surface area (Å²) in [5.74, 6) is -0.414. The lowest BCUT2D eigenvalue weighted by Gasteiger charge is -2.45. The average molecular weight is 517 g/mol. The van der Waals surface area contributed by atoms with Crippen LogP contribution in [0, 0.1) is 5.82 Å². The number of hydrogen-bond acceptors (Lipinski definition) is 3. The molecule has 2 aromatic rings.